The van der Waals surface area contributed by atoms with Gasteiger partial charge in [-0.25, -0.2) is 17.2 Å². The highest BCUT2D eigenvalue weighted by Gasteiger charge is 2.29. The molecule has 11 heteroatoms. The van der Waals surface area contributed by atoms with Crippen LogP contribution in [0.25, 0.3) is 5.69 Å². The molecule has 0 spiro atoms. The summed E-state index contributed by atoms with van der Waals surface area (Å²) in [5.74, 6) is -1.24. The van der Waals surface area contributed by atoms with Crippen molar-refractivity contribution >= 4 is 28.1 Å². The molecule has 1 N–H and O–H groups in total. The smallest absolute Gasteiger partial charge is 0.272 e. The summed E-state index contributed by atoms with van der Waals surface area (Å²) >= 11 is 5.29. The summed E-state index contributed by atoms with van der Waals surface area (Å²) in [6.45, 7) is 0.879. The molecule has 0 saturated carbocycles. The lowest BCUT2D eigenvalue weighted by atomic mass is 10.3. The van der Waals surface area contributed by atoms with E-state index < -0.39 is 21.7 Å². The Bertz CT molecular complexity index is 1290. The van der Waals surface area contributed by atoms with E-state index in [1.807, 2.05) is 0 Å². The molecule has 1 aliphatic rings. The van der Waals surface area contributed by atoms with Gasteiger partial charge in [0.2, 0.25) is 10.0 Å². The summed E-state index contributed by atoms with van der Waals surface area (Å²) in [4.78, 5) is 17.7. The highest BCUT2D eigenvalue weighted by atomic mass is 32.2. The highest BCUT2D eigenvalue weighted by Crippen LogP contribution is 2.20. The number of aromatic amines is 1. The first-order chi connectivity index (χ1) is 15.3. The molecule has 0 bridgehead atoms. The zero-order chi connectivity index (χ0) is 22.9. The number of carbonyl (C=O) groups is 1. The Hall–Kier alpha value is -2.89. The number of aromatic nitrogens is 2. The molecule has 0 unspecified atom stereocenters. The first-order valence-corrected chi connectivity index (χ1v) is 11.7. The van der Waals surface area contributed by atoms with Crippen LogP contribution in [0.4, 0.5) is 8.78 Å². The quantitative estimate of drug-likeness (QED) is 0.584. The largest absolute Gasteiger partial charge is 0.336 e. The van der Waals surface area contributed by atoms with Crippen molar-refractivity contribution in [3.05, 3.63) is 76.8 Å². The minimum absolute atomic E-state index is 0.00853. The number of benzene rings is 2. The molecule has 2 heterocycles. The van der Waals surface area contributed by atoms with Crippen LogP contribution < -0.4 is 0 Å². The van der Waals surface area contributed by atoms with Gasteiger partial charge in [-0.2, -0.15) is 4.31 Å². The zero-order valence-corrected chi connectivity index (χ0v) is 18.5. The molecule has 1 saturated heterocycles. The van der Waals surface area contributed by atoms with Gasteiger partial charge >= 0.3 is 0 Å². The van der Waals surface area contributed by atoms with Crippen LogP contribution in [0.1, 0.15) is 16.9 Å². The fourth-order valence-corrected chi connectivity index (χ4v) is 5.36. The van der Waals surface area contributed by atoms with E-state index in [4.69, 9.17) is 12.2 Å². The van der Waals surface area contributed by atoms with E-state index >= 15 is 0 Å². The van der Waals surface area contributed by atoms with E-state index in [-0.39, 0.29) is 40.9 Å². The normalized spacial score (nSPS) is 15.5. The van der Waals surface area contributed by atoms with Gasteiger partial charge in [0, 0.05) is 38.1 Å². The second-order valence-corrected chi connectivity index (χ2v) is 9.62. The molecular formula is C21H20F2N4O3S2. The molecule has 3 aromatic rings. The van der Waals surface area contributed by atoms with Gasteiger partial charge in [0.05, 0.1) is 4.90 Å². The summed E-state index contributed by atoms with van der Waals surface area (Å²) in [5, 5.41) is 0. The lowest BCUT2D eigenvalue weighted by Gasteiger charge is -2.22. The second kappa shape index (κ2) is 8.93. The molecule has 0 atom stereocenters. The van der Waals surface area contributed by atoms with E-state index in [1.54, 1.807) is 4.90 Å². The van der Waals surface area contributed by atoms with Gasteiger partial charge in [0.25, 0.3) is 5.91 Å². The third kappa shape index (κ3) is 4.36. The van der Waals surface area contributed by atoms with Crippen molar-refractivity contribution in [2.24, 2.45) is 0 Å². The first kappa shape index (κ1) is 22.3. The number of nitrogens with zero attached hydrogens (tertiary/aromatic N) is 3. The van der Waals surface area contributed by atoms with Crippen LogP contribution in [0.15, 0.2) is 59.6 Å². The number of nitrogens with one attached hydrogen (secondary N) is 1. The van der Waals surface area contributed by atoms with Gasteiger partial charge in [0.15, 0.2) is 4.77 Å². The van der Waals surface area contributed by atoms with Crippen LogP contribution in [0.3, 0.4) is 0 Å². The van der Waals surface area contributed by atoms with Crippen LogP contribution in [-0.2, 0) is 10.0 Å². The number of rotatable bonds is 4. The summed E-state index contributed by atoms with van der Waals surface area (Å²) in [5.41, 5.74) is 0.813. The molecule has 168 valence electrons. The maximum atomic E-state index is 13.3. The molecule has 32 heavy (non-hydrogen) atoms. The predicted molar refractivity (Wildman–Crippen MR) is 117 cm³/mol. The SMILES string of the molecule is O=C(c1c[nH]c(=S)n1-c1ccc(F)cc1)N1CCCN(S(=O)(=O)c2ccc(F)cc2)CC1. The van der Waals surface area contributed by atoms with Crippen LogP contribution >= 0.6 is 12.2 Å². The first-order valence-electron chi connectivity index (χ1n) is 9.89. The standard InChI is InChI=1S/C21H20F2N4O3S2/c22-15-2-6-17(7-3-15)27-19(14-24-21(27)31)20(28)25-10-1-11-26(13-12-25)32(29,30)18-8-4-16(23)5-9-18/h2-9,14H,1,10-13H2,(H,24,31). The zero-order valence-electron chi connectivity index (χ0n) is 16.9. The van der Waals surface area contributed by atoms with Crippen LogP contribution in [0, 0.1) is 16.4 Å². The van der Waals surface area contributed by atoms with Gasteiger partial charge in [-0.1, -0.05) is 0 Å². The van der Waals surface area contributed by atoms with Crippen LogP contribution in [0.2, 0.25) is 0 Å². The number of H-pyrrole nitrogens is 1. The Labute approximate surface area is 189 Å². The predicted octanol–water partition coefficient (Wildman–Crippen LogP) is 3.35. The Kier molecular flexibility index (Phi) is 6.22. The van der Waals surface area contributed by atoms with Gasteiger partial charge in [0.1, 0.15) is 17.3 Å². The summed E-state index contributed by atoms with van der Waals surface area (Å²) < 4.78 is 55.4. The third-order valence-corrected chi connectivity index (χ3v) is 7.49. The molecule has 4 rings (SSSR count). The van der Waals surface area contributed by atoms with Crippen molar-refractivity contribution in [1.82, 2.24) is 18.8 Å². The number of carbonyl (C=O) groups excluding carboxylic acids is 1. The maximum absolute atomic E-state index is 13.3. The average molecular weight is 479 g/mol. The molecule has 0 radical (unpaired) electrons. The molecule has 1 amide bonds. The number of sulfonamides is 1. The minimum atomic E-state index is -3.80. The van der Waals surface area contributed by atoms with Gasteiger partial charge in [-0.15, -0.1) is 0 Å². The van der Waals surface area contributed by atoms with E-state index in [9.17, 15) is 22.0 Å². The lowest BCUT2D eigenvalue weighted by molar-refractivity contribution is 0.0756. The molecule has 1 fully saturated rings. The van der Waals surface area contributed by atoms with Crippen molar-refractivity contribution in [3.8, 4) is 5.69 Å². The molecule has 0 aliphatic carbocycles. The number of halogens is 2. The third-order valence-electron chi connectivity index (χ3n) is 5.27. The number of hydrogen-bond acceptors (Lipinski definition) is 4. The van der Waals surface area contributed by atoms with E-state index in [0.717, 1.165) is 12.1 Å². The van der Waals surface area contributed by atoms with Crippen molar-refractivity contribution in [1.29, 1.82) is 0 Å². The summed E-state index contributed by atoms with van der Waals surface area (Å²) in [7, 11) is -3.80. The topological polar surface area (TPSA) is 78.4 Å². The highest BCUT2D eigenvalue weighted by molar-refractivity contribution is 7.89. The fourth-order valence-electron chi connectivity index (χ4n) is 3.63. The molecular weight excluding hydrogens is 458 g/mol. The van der Waals surface area contributed by atoms with E-state index in [1.165, 1.54) is 51.5 Å². The van der Waals surface area contributed by atoms with Gasteiger partial charge in [-0.3, -0.25) is 9.36 Å². The Morgan fingerprint density at radius 2 is 1.53 bits per heavy atom. The Morgan fingerprint density at radius 3 is 2.19 bits per heavy atom. The second-order valence-electron chi connectivity index (χ2n) is 7.29. The lowest BCUT2D eigenvalue weighted by Crippen LogP contribution is -2.38. The summed E-state index contributed by atoms with van der Waals surface area (Å²) in [6, 6.07) is 10.3. The van der Waals surface area contributed by atoms with Crippen molar-refractivity contribution in [3.63, 3.8) is 0 Å². The monoisotopic (exact) mass is 478 g/mol. The number of amides is 1. The molecule has 1 aromatic heterocycles. The van der Waals surface area contributed by atoms with Crippen LogP contribution in [0.5, 0.6) is 0 Å². The summed E-state index contributed by atoms with van der Waals surface area (Å²) in [6.07, 6.45) is 1.93. The molecule has 2 aromatic carbocycles. The molecule has 7 nitrogen and oxygen atoms in total. The minimum Gasteiger partial charge on any atom is -0.336 e. The number of imidazole rings is 1. The maximum Gasteiger partial charge on any atom is 0.272 e. The van der Waals surface area contributed by atoms with Crippen molar-refractivity contribution in [2.45, 2.75) is 11.3 Å². The van der Waals surface area contributed by atoms with Gasteiger partial charge in [-0.05, 0) is 67.2 Å². The Balaban J connectivity index is 1.54. The van der Waals surface area contributed by atoms with E-state index in [2.05, 4.69) is 4.98 Å². The fraction of sp³-hybridized carbons (Fsp3) is 0.238. The average Bonchev–Trinajstić information content (AvgIpc) is 2.98. The number of hydrogen-bond donors (Lipinski definition) is 1. The molecule has 1 aliphatic heterocycles. The van der Waals surface area contributed by atoms with Gasteiger partial charge < -0.3 is 9.88 Å². The van der Waals surface area contributed by atoms with Crippen LogP contribution in [-0.4, -0.2) is 59.3 Å². The Morgan fingerprint density at radius 1 is 0.906 bits per heavy atom. The van der Waals surface area contributed by atoms with Crippen molar-refractivity contribution < 1.29 is 22.0 Å². The van der Waals surface area contributed by atoms with E-state index in [0.29, 0.717) is 18.7 Å². The van der Waals surface area contributed by atoms with Crippen molar-refractivity contribution in [2.75, 3.05) is 26.2 Å².